The van der Waals surface area contributed by atoms with Crippen molar-refractivity contribution in [1.29, 1.82) is 0 Å². The molecule has 0 aliphatic heterocycles. The number of methoxy groups -OCH3 is 1. The highest BCUT2D eigenvalue weighted by atomic mass is 32.2. The predicted octanol–water partition coefficient (Wildman–Crippen LogP) is 2.52. The summed E-state index contributed by atoms with van der Waals surface area (Å²) in [7, 11) is 1.64. The van der Waals surface area contributed by atoms with Crippen LogP contribution in [0, 0.1) is 0 Å². The summed E-state index contributed by atoms with van der Waals surface area (Å²) in [6, 6.07) is 7.68. The average molecular weight is 263 g/mol. The van der Waals surface area contributed by atoms with Gasteiger partial charge in [-0.15, -0.1) is 6.58 Å². The van der Waals surface area contributed by atoms with Crippen molar-refractivity contribution in [2.75, 3.05) is 19.9 Å². The molecule has 0 amide bonds. The number of thioether (sulfide) groups is 1. The van der Waals surface area contributed by atoms with E-state index in [4.69, 9.17) is 4.74 Å². The molecule has 96 valence electrons. The van der Waals surface area contributed by atoms with E-state index in [1.165, 1.54) is 11.8 Å². The Labute approximate surface area is 112 Å². The van der Waals surface area contributed by atoms with Crippen LogP contribution in [0.2, 0.25) is 0 Å². The Hall–Kier alpha value is -1.75. The van der Waals surface area contributed by atoms with Gasteiger partial charge in [0.1, 0.15) is 5.75 Å². The molecule has 0 bridgehead atoms. The molecule has 0 fully saturated rings. The highest BCUT2D eigenvalue weighted by molar-refractivity contribution is 8.13. The molecule has 0 saturated heterocycles. The van der Waals surface area contributed by atoms with Gasteiger partial charge in [0.2, 0.25) is 0 Å². The van der Waals surface area contributed by atoms with E-state index in [1.54, 1.807) is 19.4 Å². The van der Waals surface area contributed by atoms with Crippen LogP contribution in [0.4, 0.5) is 0 Å². The molecular weight excluding hydrogens is 246 g/mol. The summed E-state index contributed by atoms with van der Waals surface area (Å²) in [4.78, 5) is 4.24. The average Bonchev–Trinajstić information content (AvgIpc) is 2.43. The highest BCUT2D eigenvalue weighted by Crippen LogP contribution is 2.14. The maximum Gasteiger partial charge on any atom is 0.177 e. The predicted molar refractivity (Wildman–Crippen MR) is 79.7 cm³/mol. The topological polar surface area (TPSA) is 46.0 Å². The van der Waals surface area contributed by atoms with Crippen molar-refractivity contribution in [1.82, 2.24) is 5.43 Å². The van der Waals surface area contributed by atoms with Gasteiger partial charge in [-0.05, 0) is 18.4 Å². The summed E-state index contributed by atoms with van der Waals surface area (Å²) in [5.74, 6) is 0.789. The van der Waals surface area contributed by atoms with E-state index in [1.807, 2.05) is 30.5 Å². The number of nitrogens with zero attached hydrogens (tertiary/aromatic N) is 2. The van der Waals surface area contributed by atoms with Gasteiger partial charge in [-0.1, -0.05) is 30.0 Å². The molecule has 0 unspecified atom stereocenters. The summed E-state index contributed by atoms with van der Waals surface area (Å²) in [5.41, 5.74) is 3.80. The Morgan fingerprint density at radius 1 is 1.50 bits per heavy atom. The fourth-order valence-electron chi connectivity index (χ4n) is 1.22. The van der Waals surface area contributed by atoms with Crippen LogP contribution in [-0.4, -0.2) is 31.3 Å². The third-order valence-corrected chi connectivity index (χ3v) is 2.67. The molecule has 5 heteroatoms. The number of hydrogen-bond donors (Lipinski definition) is 1. The van der Waals surface area contributed by atoms with Crippen molar-refractivity contribution in [2.24, 2.45) is 10.1 Å². The minimum Gasteiger partial charge on any atom is -0.496 e. The van der Waals surface area contributed by atoms with Gasteiger partial charge < -0.3 is 4.74 Å². The van der Waals surface area contributed by atoms with Gasteiger partial charge >= 0.3 is 0 Å². The molecule has 0 aliphatic carbocycles. The number of nitrogens with one attached hydrogen (secondary N) is 1. The maximum absolute atomic E-state index is 5.23. The van der Waals surface area contributed by atoms with E-state index < -0.39 is 0 Å². The number of rotatable bonds is 5. The van der Waals surface area contributed by atoms with Crippen molar-refractivity contribution in [3.05, 3.63) is 42.5 Å². The summed E-state index contributed by atoms with van der Waals surface area (Å²) in [6.45, 7) is 4.20. The molecule has 0 saturated carbocycles. The summed E-state index contributed by atoms with van der Waals surface area (Å²) in [5, 5.41) is 4.88. The standard InChI is InChI=1S/C13H17N3OS/c1-4-9-14-13(18-3)16-15-10-11-7-5-6-8-12(11)17-2/h4-8,10H,1,9H2,2-3H3,(H,14,16)/b15-10+. The van der Waals surface area contributed by atoms with E-state index in [2.05, 4.69) is 22.1 Å². The lowest BCUT2D eigenvalue weighted by atomic mass is 10.2. The van der Waals surface area contributed by atoms with Crippen LogP contribution in [0.25, 0.3) is 0 Å². The Kier molecular flexibility index (Phi) is 6.64. The van der Waals surface area contributed by atoms with Gasteiger partial charge in [-0.25, -0.2) is 0 Å². The summed E-state index contributed by atoms with van der Waals surface area (Å²) >= 11 is 1.50. The Morgan fingerprint density at radius 3 is 2.94 bits per heavy atom. The van der Waals surface area contributed by atoms with E-state index in [-0.39, 0.29) is 0 Å². The number of amidine groups is 1. The second kappa shape index (κ2) is 8.36. The third kappa shape index (κ3) is 4.63. The van der Waals surface area contributed by atoms with Crippen LogP contribution >= 0.6 is 11.8 Å². The lowest BCUT2D eigenvalue weighted by molar-refractivity contribution is 0.414. The minimum absolute atomic E-state index is 0.577. The lowest BCUT2D eigenvalue weighted by Gasteiger charge is -2.04. The van der Waals surface area contributed by atoms with Crippen LogP contribution in [0.3, 0.4) is 0 Å². The van der Waals surface area contributed by atoms with Gasteiger partial charge in [-0.2, -0.15) is 5.10 Å². The maximum atomic E-state index is 5.23. The molecule has 1 aromatic carbocycles. The second-order valence-electron chi connectivity index (χ2n) is 3.25. The first-order chi connectivity index (χ1) is 8.81. The Morgan fingerprint density at radius 2 is 2.28 bits per heavy atom. The summed E-state index contributed by atoms with van der Waals surface area (Å²) < 4.78 is 5.23. The zero-order chi connectivity index (χ0) is 13.2. The first-order valence-corrected chi connectivity index (χ1v) is 6.65. The first kappa shape index (κ1) is 14.3. The number of para-hydroxylation sites is 1. The molecule has 1 aromatic rings. The van der Waals surface area contributed by atoms with E-state index in [9.17, 15) is 0 Å². The molecule has 0 aromatic heterocycles. The molecule has 4 nitrogen and oxygen atoms in total. The fraction of sp³-hybridized carbons (Fsp3) is 0.231. The van der Waals surface area contributed by atoms with E-state index in [0.717, 1.165) is 16.5 Å². The molecule has 0 radical (unpaired) electrons. The van der Waals surface area contributed by atoms with Gasteiger partial charge in [0.15, 0.2) is 5.17 Å². The van der Waals surface area contributed by atoms with Crippen molar-refractivity contribution in [3.8, 4) is 5.75 Å². The van der Waals surface area contributed by atoms with Crippen LogP contribution in [0.15, 0.2) is 47.0 Å². The van der Waals surface area contributed by atoms with Crippen LogP contribution in [0.1, 0.15) is 5.56 Å². The number of benzene rings is 1. The first-order valence-electron chi connectivity index (χ1n) is 5.43. The highest BCUT2D eigenvalue weighted by Gasteiger charge is 1.97. The number of hydrogen-bond acceptors (Lipinski definition) is 4. The number of aliphatic imine (C=N–C) groups is 1. The monoisotopic (exact) mass is 263 g/mol. The normalized spacial score (nSPS) is 11.6. The minimum atomic E-state index is 0.577. The molecule has 0 heterocycles. The van der Waals surface area contributed by atoms with Crippen LogP contribution in [0.5, 0.6) is 5.75 Å². The van der Waals surface area contributed by atoms with E-state index in [0.29, 0.717) is 6.54 Å². The zero-order valence-corrected chi connectivity index (χ0v) is 11.4. The fourth-order valence-corrected chi connectivity index (χ4v) is 1.57. The largest absolute Gasteiger partial charge is 0.496 e. The van der Waals surface area contributed by atoms with Gasteiger partial charge in [0.25, 0.3) is 0 Å². The molecule has 0 aliphatic rings. The third-order valence-electron chi connectivity index (χ3n) is 2.06. The smallest absolute Gasteiger partial charge is 0.177 e. The van der Waals surface area contributed by atoms with Crippen molar-refractivity contribution < 1.29 is 4.74 Å². The number of hydrazone groups is 1. The molecular formula is C13H17N3OS. The van der Waals surface area contributed by atoms with Crippen molar-refractivity contribution >= 4 is 23.1 Å². The van der Waals surface area contributed by atoms with Crippen LogP contribution < -0.4 is 10.2 Å². The SMILES string of the molecule is C=CCN=C(N/N=C/c1ccccc1OC)SC. The summed E-state index contributed by atoms with van der Waals surface area (Å²) in [6.07, 6.45) is 5.38. The van der Waals surface area contributed by atoms with Crippen LogP contribution in [-0.2, 0) is 0 Å². The molecule has 0 spiro atoms. The lowest BCUT2D eigenvalue weighted by Crippen LogP contribution is -2.14. The molecule has 0 atom stereocenters. The molecule has 18 heavy (non-hydrogen) atoms. The quantitative estimate of drug-likeness (QED) is 0.384. The zero-order valence-electron chi connectivity index (χ0n) is 10.6. The Bertz CT molecular complexity index is 444. The van der Waals surface area contributed by atoms with E-state index >= 15 is 0 Å². The van der Waals surface area contributed by atoms with Crippen molar-refractivity contribution in [2.45, 2.75) is 0 Å². The van der Waals surface area contributed by atoms with Gasteiger partial charge in [0.05, 0.1) is 19.9 Å². The number of ether oxygens (including phenoxy) is 1. The van der Waals surface area contributed by atoms with Gasteiger partial charge in [0, 0.05) is 5.56 Å². The van der Waals surface area contributed by atoms with Crippen molar-refractivity contribution in [3.63, 3.8) is 0 Å². The second-order valence-corrected chi connectivity index (χ2v) is 4.05. The molecule has 1 rings (SSSR count). The van der Waals surface area contributed by atoms with Gasteiger partial charge in [-0.3, -0.25) is 10.4 Å². The Balaban J connectivity index is 2.66. The molecule has 1 N–H and O–H groups in total.